The molecule has 0 aliphatic rings. The van der Waals surface area contributed by atoms with Crippen LogP contribution in [0.2, 0.25) is 0 Å². The average molecular weight is 153 g/mol. The number of nitrogen functional groups attached to an aromatic ring is 2. The lowest BCUT2D eigenvalue weighted by Gasteiger charge is -1.99. The van der Waals surface area contributed by atoms with Crippen molar-refractivity contribution in [2.75, 3.05) is 18.0 Å². The van der Waals surface area contributed by atoms with Gasteiger partial charge >= 0.3 is 0 Å². The minimum atomic E-state index is 0.202. The normalized spacial score (nSPS) is 9.91. The van der Waals surface area contributed by atoms with Crippen molar-refractivity contribution in [3.8, 4) is 0 Å². The molecule has 0 aromatic carbocycles. The Morgan fingerprint density at radius 2 is 2.00 bits per heavy atom. The predicted molar refractivity (Wildman–Crippen MR) is 43.6 cm³/mol. The summed E-state index contributed by atoms with van der Waals surface area (Å²) >= 11 is 0. The van der Waals surface area contributed by atoms with Gasteiger partial charge in [-0.1, -0.05) is 0 Å². The van der Waals surface area contributed by atoms with E-state index in [0.29, 0.717) is 18.8 Å². The van der Waals surface area contributed by atoms with Crippen LogP contribution in [0.4, 0.5) is 11.8 Å². The molecule has 11 heavy (non-hydrogen) atoms. The predicted octanol–water partition coefficient (Wildman–Crippen LogP) is -0.858. The van der Waals surface area contributed by atoms with Crippen LogP contribution in [0, 0.1) is 0 Å². The van der Waals surface area contributed by atoms with Gasteiger partial charge in [-0.05, 0) is 6.54 Å². The van der Waals surface area contributed by atoms with Crippen LogP contribution in [-0.4, -0.2) is 16.5 Å². The molecule has 5 heteroatoms. The molecule has 0 fully saturated rings. The third-order valence-electron chi connectivity index (χ3n) is 1.22. The lowest BCUT2D eigenvalue weighted by Crippen LogP contribution is -2.08. The van der Waals surface area contributed by atoms with Gasteiger partial charge in [-0.25, -0.2) is 4.98 Å². The number of hydrogen-bond acceptors (Lipinski definition) is 5. The Kier molecular flexibility index (Phi) is 2.22. The van der Waals surface area contributed by atoms with Gasteiger partial charge in [0.05, 0.1) is 0 Å². The number of anilines is 2. The van der Waals surface area contributed by atoms with E-state index in [-0.39, 0.29) is 5.95 Å². The molecule has 0 saturated heterocycles. The fraction of sp³-hybridized carbons (Fsp3) is 0.333. The Balaban J connectivity index is 2.89. The molecule has 0 bridgehead atoms. The van der Waals surface area contributed by atoms with Gasteiger partial charge in [0.25, 0.3) is 0 Å². The van der Waals surface area contributed by atoms with Crippen LogP contribution in [0.15, 0.2) is 6.07 Å². The minimum absolute atomic E-state index is 0.202. The first-order valence-electron chi connectivity index (χ1n) is 3.31. The standard InChI is InChI=1S/C6H11N5/c7-2-1-4-3-5(8)11-6(9)10-4/h3H,1-2,7H2,(H4,8,9,10,11). The number of nitrogens with zero attached hydrogens (tertiary/aromatic N) is 2. The summed E-state index contributed by atoms with van der Waals surface area (Å²) in [7, 11) is 0. The van der Waals surface area contributed by atoms with Crippen LogP contribution < -0.4 is 17.2 Å². The highest BCUT2D eigenvalue weighted by molar-refractivity contribution is 5.35. The molecule has 0 amide bonds. The Bertz CT molecular complexity index is 226. The zero-order valence-corrected chi connectivity index (χ0v) is 6.12. The average Bonchev–Trinajstić information content (AvgIpc) is 1.85. The zero-order valence-electron chi connectivity index (χ0n) is 6.12. The molecule has 0 unspecified atom stereocenters. The molecule has 60 valence electrons. The molecule has 0 atom stereocenters. The SMILES string of the molecule is NCCc1cc(N)nc(N)n1. The van der Waals surface area contributed by atoms with Crippen molar-refractivity contribution in [3.05, 3.63) is 11.8 Å². The van der Waals surface area contributed by atoms with Crippen molar-refractivity contribution < 1.29 is 0 Å². The van der Waals surface area contributed by atoms with E-state index < -0.39 is 0 Å². The number of nitrogens with two attached hydrogens (primary N) is 3. The Morgan fingerprint density at radius 1 is 1.27 bits per heavy atom. The Hall–Kier alpha value is -1.36. The van der Waals surface area contributed by atoms with Gasteiger partial charge in [-0.2, -0.15) is 4.98 Å². The largest absolute Gasteiger partial charge is 0.384 e. The molecule has 1 rings (SSSR count). The van der Waals surface area contributed by atoms with Gasteiger partial charge in [-0.3, -0.25) is 0 Å². The second-order valence-electron chi connectivity index (χ2n) is 2.18. The van der Waals surface area contributed by atoms with Crippen molar-refractivity contribution in [1.29, 1.82) is 0 Å². The van der Waals surface area contributed by atoms with Crippen LogP contribution in [0.3, 0.4) is 0 Å². The molecule has 0 saturated carbocycles. The van der Waals surface area contributed by atoms with E-state index in [2.05, 4.69) is 9.97 Å². The maximum Gasteiger partial charge on any atom is 0.222 e. The summed E-state index contributed by atoms with van der Waals surface area (Å²) in [6, 6.07) is 1.67. The minimum Gasteiger partial charge on any atom is -0.384 e. The molecule has 1 aromatic heterocycles. The molecule has 5 nitrogen and oxygen atoms in total. The third-order valence-corrected chi connectivity index (χ3v) is 1.22. The number of rotatable bonds is 2. The molecule has 0 radical (unpaired) electrons. The lowest BCUT2D eigenvalue weighted by atomic mass is 10.3. The third kappa shape index (κ3) is 2.05. The lowest BCUT2D eigenvalue weighted by molar-refractivity contribution is 0.916. The van der Waals surface area contributed by atoms with Crippen LogP contribution in [0.5, 0.6) is 0 Å². The molecular weight excluding hydrogens is 142 g/mol. The van der Waals surface area contributed by atoms with Crippen LogP contribution >= 0.6 is 0 Å². The molecule has 6 N–H and O–H groups in total. The van der Waals surface area contributed by atoms with Gasteiger partial charge in [0.1, 0.15) is 5.82 Å². The summed E-state index contributed by atoms with van der Waals surface area (Å²) in [6.45, 7) is 0.538. The fourth-order valence-corrected chi connectivity index (χ4v) is 0.816. The first-order chi connectivity index (χ1) is 5.22. The van der Waals surface area contributed by atoms with E-state index >= 15 is 0 Å². The van der Waals surface area contributed by atoms with Crippen molar-refractivity contribution in [2.45, 2.75) is 6.42 Å². The van der Waals surface area contributed by atoms with Crippen LogP contribution in [-0.2, 0) is 6.42 Å². The quantitative estimate of drug-likeness (QED) is 0.513. The van der Waals surface area contributed by atoms with Crippen molar-refractivity contribution in [2.24, 2.45) is 5.73 Å². The second-order valence-corrected chi connectivity index (χ2v) is 2.18. The summed E-state index contributed by atoms with van der Waals surface area (Å²) < 4.78 is 0. The second kappa shape index (κ2) is 3.16. The van der Waals surface area contributed by atoms with E-state index in [1.54, 1.807) is 6.07 Å². The number of hydrogen-bond donors (Lipinski definition) is 3. The maximum absolute atomic E-state index is 5.42. The van der Waals surface area contributed by atoms with E-state index in [1.165, 1.54) is 0 Å². The number of aromatic nitrogens is 2. The highest BCUT2D eigenvalue weighted by Crippen LogP contribution is 2.03. The molecule has 1 heterocycles. The first-order valence-corrected chi connectivity index (χ1v) is 3.31. The van der Waals surface area contributed by atoms with Gasteiger partial charge in [-0.15, -0.1) is 0 Å². The summed E-state index contributed by atoms with van der Waals surface area (Å²) in [5, 5.41) is 0. The van der Waals surface area contributed by atoms with Crippen LogP contribution in [0.25, 0.3) is 0 Å². The zero-order chi connectivity index (χ0) is 8.27. The Morgan fingerprint density at radius 3 is 2.55 bits per heavy atom. The van der Waals surface area contributed by atoms with E-state index in [9.17, 15) is 0 Å². The molecule has 0 aliphatic heterocycles. The van der Waals surface area contributed by atoms with Gasteiger partial charge in [0.2, 0.25) is 5.95 Å². The maximum atomic E-state index is 5.42. The van der Waals surface area contributed by atoms with Gasteiger partial charge in [0, 0.05) is 18.2 Å². The molecular formula is C6H11N5. The topological polar surface area (TPSA) is 104 Å². The Labute approximate surface area is 64.6 Å². The van der Waals surface area contributed by atoms with Crippen molar-refractivity contribution in [3.63, 3.8) is 0 Å². The van der Waals surface area contributed by atoms with E-state index in [4.69, 9.17) is 17.2 Å². The van der Waals surface area contributed by atoms with Crippen LogP contribution in [0.1, 0.15) is 5.69 Å². The summed E-state index contributed by atoms with van der Waals surface area (Å²) in [4.78, 5) is 7.65. The first kappa shape index (κ1) is 7.74. The fourth-order valence-electron chi connectivity index (χ4n) is 0.816. The van der Waals surface area contributed by atoms with E-state index in [1.807, 2.05) is 0 Å². The highest BCUT2D eigenvalue weighted by atomic mass is 15.0. The van der Waals surface area contributed by atoms with E-state index in [0.717, 1.165) is 5.69 Å². The van der Waals surface area contributed by atoms with Gasteiger partial charge in [0.15, 0.2) is 0 Å². The highest BCUT2D eigenvalue weighted by Gasteiger charge is 1.97. The van der Waals surface area contributed by atoms with Crippen molar-refractivity contribution in [1.82, 2.24) is 9.97 Å². The molecule has 1 aromatic rings. The monoisotopic (exact) mass is 153 g/mol. The van der Waals surface area contributed by atoms with Gasteiger partial charge < -0.3 is 17.2 Å². The summed E-state index contributed by atoms with van der Waals surface area (Å²) in [5.41, 5.74) is 16.9. The summed E-state index contributed by atoms with van der Waals surface area (Å²) in [6.07, 6.45) is 0.678. The molecule has 0 spiro atoms. The smallest absolute Gasteiger partial charge is 0.222 e. The van der Waals surface area contributed by atoms with Crippen molar-refractivity contribution >= 4 is 11.8 Å². The summed E-state index contributed by atoms with van der Waals surface area (Å²) in [5.74, 6) is 0.592. The molecule has 0 aliphatic carbocycles.